The molecule has 0 radical (unpaired) electrons. The minimum absolute atomic E-state index is 0.294. The first-order valence-electron chi connectivity index (χ1n) is 6.68. The van der Waals surface area contributed by atoms with Crippen molar-refractivity contribution < 1.29 is 5.11 Å². The molecule has 0 aliphatic carbocycles. The fourth-order valence-electron chi connectivity index (χ4n) is 1.87. The van der Waals surface area contributed by atoms with E-state index in [1.165, 1.54) is 16.7 Å². The van der Waals surface area contributed by atoms with E-state index in [0.29, 0.717) is 12.6 Å². The molecule has 1 aromatic carbocycles. The number of hydrogen-bond donors (Lipinski definition) is 2. The molecule has 2 nitrogen and oxygen atoms in total. The molecular weight excluding hydrogens is 242 g/mol. The zero-order valence-electron chi connectivity index (χ0n) is 11.7. The monoisotopic (exact) mass is 267 g/mol. The average Bonchev–Trinajstić information content (AvgIpc) is 2.37. The van der Waals surface area contributed by atoms with Crippen LogP contribution in [0.3, 0.4) is 0 Å². The van der Waals surface area contributed by atoms with Crippen LogP contribution in [0.25, 0.3) is 0 Å². The molecule has 0 aliphatic rings. The van der Waals surface area contributed by atoms with Gasteiger partial charge in [0, 0.05) is 18.4 Å². The Bertz CT molecular complexity index is 354. The van der Waals surface area contributed by atoms with Crippen LogP contribution in [0.2, 0.25) is 0 Å². The van der Waals surface area contributed by atoms with Gasteiger partial charge in [-0.05, 0) is 49.3 Å². The summed E-state index contributed by atoms with van der Waals surface area (Å²) in [5.41, 5.74) is 4.08. The summed E-state index contributed by atoms with van der Waals surface area (Å²) in [5.74, 6) is 2.10. The molecule has 0 saturated heterocycles. The van der Waals surface area contributed by atoms with Crippen molar-refractivity contribution in [1.82, 2.24) is 5.32 Å². The zero-order chi connectivity index (χ0) is 13.4. The highest BCUT2D eigenvalue weighted by Crippen LogP contribution is 2.21. The van der Waals surface area contributed by atoms with Crippen LogP contribution in [-0.2, 0) is 0 Å². The summed E-state index contributed by atoms with van der Waals surface area (Å²) in [4.78, 5) is 0. The second-order valence-corrected chi connectivity index (χ2v) is 5.76. The van der Waals surface area contributed by atoms with Crippen molar-refractivity contribution >= 4 is 11.8 Å². The lowest BCUT2D eigenvalue weighted by Gasteiger charge is -2.19. The van der Waals surface area contributed by atoms with Gasteiger partial charge in [0.05, 0.1) is 0 Å². The molecule has 102 valence electrons. The van der Waals surface area contributed by atoms with E-state index in [4.69, 9.17) is 5.11 Å². The van der Waals surface area contributed by atoms with E-state index in [9.17, 15) is 0 Å². The number of hydrogen-bond acceptors (Lipinski definition) is 3. The number of rotatable bonds is 8. The van der Waals surface area contributed by atoms with Crippen LogP contribution in [-0.4, -0.2) is 29.8 Å². The maximum atomic E-state index is 8.79. The molecule has 0 aliphatic heterocycles. The summed E-state index contributed by atoms with van der Waals surface area (Å²) in [7, 11) is 0. The van der Waals surface area contributed by atoms with Gasteiger partial charge in [0.2, 0.25) is 0 Å². The van der Waals surface area contributed by atoms with Crippen molar-refractivity contribution in [3.05, 3.63) is 34.9 Å². The molecule has 3 heteroatoms. The van der Waals surface area contributed by atoms with E-state index in [2.05, 4.69) is 44.3 Å². The molecule has 0 bridgehead atoms. The van der Waals surface area contributed by atoms with Crippen LogP contribution in [0.4, 0.5) is 0 Å². The number of aliphatic hydroxyl groups is 1. The van der Waals surface area contributed by atoms with Gasteiger partial charge in [0.1, 0.15) is 0 Å². The van der Waals surface area contributed by atoms with Crippen molar-refractivity contribution in [3.8, 4) is 0 Å². The number of nitrogens with one attached hydrogen (secondary N) is 1. The van der Waals surface area contributed by atoms with E-state index >= 15 is 0 Å². The smallest absolute Gasteiger partial charge is 0.0438 e. The Morgan fingerprint density at radius 2 is 2.06 bits per heavy atom. The van der Waals surface area contributed by atoms with Crippen molar-refractivity contribution in [3.63, 3.8) is 0 Å². The molecule has 0 aromatic heterocycles. The van der Waals surface area contributed by atoms with Gasteiger partial charge in [0.25, 0.3) is 0 Å². The average molecular weight is 267 g/mol. The second-order valence-electron chi connectivity index (χ2n) is 4.61. The van der Waals surface area contributed by atoms with Crippen LogP contribution in [0, 0.1) is 13.8 Å². The first-order valence-corrected chi connectivity index (χ1v) is 7.83. The molecule has 1 atom stereocenters. The summed E-state index contributed by atoms with van der Waals surface area (Å²) in [6.07, 6.45) is 0.885. The van der Waals surface area contributed by atoms with E-state index in [1.54, 1.807) is 0 Å². The van der Waals surface area contributed by atoms with Gasteiger partial charge in [-0.3, -0.25) is 0 Å². The first-order chi connectivity index (χ1) is 8.69. The largest absolute Gasteiger partial charge is 0.396 e. The lowest BCUT2D eigenvalue weighted by Crippen LogP contribution is -2.23. The van der Waals surface area contributed by atoms with E-state index in [0.717, 1.165) is 24.5 Å². The molecular formula is C15H25NOS. The lowest BCUT2D eigenvalue weighted by atomic mass is 10.0. The summed E-state index contributed by atoms with van der Waals surface area (Å²) < 4.78 is 0. The van der Waals surface area contributed by atoms with Gasteiger partial charge < -0.3 is 10.4 Å². The minimum Gasteiger partial charge on any atom is -0.396 e. The van der Waals surface area contributed by atoms with Crippen LogP contribution < -0.4 is 5.32 Å². The van der Waals surface area contributed by atoms with Crippen LogP contribution in [0.5, 0.6) is 0 Å². The summed E-state index contributed by atoms with van der Waals surface area (Å²) >= 11 is 1.91. The Morgan fingerprint density at radius 1 is 1.28 bits per heavy atom. The zero-order valence-corrected chi connectivity index (χ0v) is 12.5. The topological polar surface area (TPSA) is 32.3 Å². The quantitative estimate of drug-likeness (QED) is 0.710. The van der Waals surface area contributed by atoms with Gasteiger partial charge in [-0.1, -0.05) is 25.1 Å². The minimum atomic E-state index is 0.294. The maximum Gasteiger partial charge on any atom is 0.0438 e. The molecule has 1 aromatic rings. The summed E-state index contributed by atoms with van der Waals surface area (Å²) in [6.45, 7) is 7.74. The van der Waals surface area contributed by atoms with Crippen molar-refractivity contribution in [2.75, 3.05) is 24.7 Å². The Labute approximate surface area is 115 Å². The third-order valence-corrected chi connectivity index (χ3v) is 4.26. The van der Waals surface area contributed by atoms with Gasteiger partial charge in [-0.25, -0.2) is 0 Å². The van der Waals surface area contributed by atoms with Crippen LogP contribution in [0.15, 0.2) is 18.2 Å². The molecule has 0 spiro atoms. The molecule has 0 fully saturated rings. The molecule has 0 saturated carbocycles. The number of aryl methyl sites for hydroxylation is 2. The maximum absolute atomic E-state index is 8.79. The Hall–Kier alpha value is -0.510. The van der Waals surface area contributed by atoms with Crippen LogP contribution in [0.1, 0.15) is 36.1 Å². The molecule has 1 rings (SSSR count). The Balaban J connectivity index is 2.61. The second kappa shape index (κ2) is 8.57. The standard InChI is InChI=1S/C15H25NOS/c1-4-16-15(11-18-9-5-8-17)14-7-6-12(2)13(3)10-14/h6-7,10,15-17H,4-5,8-9,11H2,1-3H3. The fourth-order valence-corrected chi connectivity index (χ4v) is 2.91. The number of thioether (sulfide) groups is 1. The van der Waals surface area contributed by atoms with Gasteiger partial charge >= 0.3 is 0 Å². The SMILES string of the molecule is CCNC(CSCCCO)c1ccc(C)c(C)c1. The molecule has 18 heavy (non-hydrogen) atoms. The highest BCUT2D eigenvalue weighted by atomic mass is 32.2. The highest BCUT2D eigenvalue weighted by Gasteiger charge is 2.10. The first kappa shape index (κ1) is 15.5. The highest BCUT2D eigenvalue weighted by molar-refractivity contribution is 7.99. The third kappa shape index (κ3) is 5.01. The predicted molar refractivity (Wildman–Crippen MR) is 81.4 cm³/mol. The summed E-state index contributed by atoms with van der Waals surface area (Å²) in [6, 6.07) is 7.13. The molecule has 0 amide bonds. The van der Waals surface area contributed by atoms with Gasteiger partial charge in [0.15, 0.2) is 0 Å². The lowest BCUT2D eigenvalue weighted by molar-refractivity contribution is 0.296. The molecule has 1 unspecified atom stereocenters. The Morgan fingerprint density at radius 3 is 2.67 bits per heavy atom. The van der Waals surface area contributed by atoms with E-state index in [-0.39, 0.29) is 0 Å². The third-order valence-electron chi connectivity index (χ3n) is 3.12. The number of aliphatic hydroxyl groups excluding tert-OH is 1. The van der Waals surface area contributed by atoms with Crippen molar-refractivity contribution in [2.45, 2.75) is 33.2 Å². The molecule has 0 heterocycles. The summed E-state index contributed by atoms with van der Waals surface area (Å²) in [5, 5.41) is 12.3. The van der Waals surface area contributed by atoms with Gasteiger partial charge in [-0.2, -0.15) is 11.8 Å². The predicted octanol–water partition coefficient (Wildman–Crippen LogP) is 3.07. The number of benzene rings is 1. The Kier molecular flexibility index (Phi) is 7.40. The molecule has 2 N–H and O–H groups in total. The normalized spacial score (nSPS) is 12.7. The van der Waals surface area contributed by atoms with E-state index in [1.807, 2.05) is 11.8 Å². The van der Waals surface area contributed by atoms with E-state index < -0.39 is 0 Å². The van der Waals surface area contributed by atoms with Gasteiger partial charge in [-0.15, -0.1) is 0 Å². The van der Waals surface area contributed by atoms with Crippen molar-refractivity contribution in [2.24, 2.45) is 0 Å². The van der Waals surface area contributed by atoms with Crippen LogP contribution >= 0.6 is 11.8 Å². The van der Waals surface area contributed by atoms with Crippen molar-refractivity contribution in [1.29, 1.82) is 0 Å². The fraction of sp³-hybridized carbons (Fsp3) is 0.600.